The number of amides is 3. The number of hydrogen-bond acceptors (Lipinski definition) is 5. The molecule has 1 fully saturated rings. The molecule has 0 bridgehead atoms. The molecule has 2 heterocycles. The van der Waals surface area contributed by atoms with Crippen LogP contribution in [-0.2, 0) is 9.59 Å². The van der Waals surface area contributed by atoms with Crippen molar-refractivity contribution < 1.29 is 14.4 Å². The lowest BCUT2D eigenvalue weighted by atomic mass is 10.1. The molecule has 0 atom stereocenters. The Hall–Kier alpha value is -2.44. The van der Waals surface area contributed by atoms with Crippen molar-refractivity contribution in [1.29, 1.82) is 0 Å². The molecule has 1 aliphatic rings. The highest BCUT2D eigenvalue weighted by molar-refractivity contribution is 6.05. The van der Waals surface area contributed by atoms with E-state index in [0.29, 0.717) is 11.3 Å². The summed E-state index contributed by atoms with van der Waals surface area (Å²) < 4.78 is 0. The number of hydrogen-bond donors (Lipinski definition) is 2. The van der Waals surface area contributed by atoms with Gasteiger partial charge in [-0.1, -0.05) is 13.8 Å². The summed E-state index contributed by atoms with van der Waals surface area (Å²) in [4.78, 5) is 40.3. The molecule has 3 amide bonds. The number of anilines is 1. The van der Waals surface area contributed by atoms with Crippen molar-refractivity contribution in [3.63, 3.8) is 0 Å². The van der Waals surface area contributed by atoms with Crippen LogP contribution in [0.4, 0.5) is 5.82 Å². The van der Waals surface area contributed by atoms with Gasteiger partial charge in [-0.05, 0) is 18.1 Å². The molecule has 7 heteroatoms. The van der Waals surface area contributed by atoms with Crippen molar-refractivity contribution in [3.8, 4) is 0 Å². The van der Waals surface area contributed by atoms with Crippen LogP contribution in [0.1, 0.15) is 35.8 Å². The first-order valence-corrected chi connectivity index (χ1v) is 6.26. The van der Waals surface area contributed by atoms with Crippen molar-refractivity contribution in [2.75, 3.05) is 18.8 Å². The van der Waals surface area contributed by atoms with E-state index in [2.05, 4.69) is 10.3 Å². The number of piperazine rings is 1. The number of carbonyl (C=O) groups is 3. The lowest BCUT2D eigenvalue weighted by molar-refractivity contribution is -0.135. The quantitative estimate of drug-likeness (QED) is 0.733. The van der Waals surface area contributed by atoms with Gasteiger partial charge in [-0.15, -0.1) is 0 Å². The molecule has 0 spiro atoms. The van der Waals surface area contributed by atoms with Gasteiger partial charge in [0.2, 0.25) is 11.8 Å². The van der Waals surface area contributed by atoms with Crippen LogP contribution >= 0.6 is 0 Å². The summed E-state index contributed by atoms with van der Waals surface area (Å²) >= 11 is 0. The Morgan fingerprint density at radius 2 is 1.90 bits per heavy atom. The predicted molar refractivity (Wildman–Crippen MR) is 71.8 cm³/mol. The van der Waals surface area contributed by atoms with Crippen LogP contribution in [0.3, 0.4) is 0 Å². The van der Waals surface area contributed by atoms with Crippen LogP contribution < -0.4 is 11.1 Å². The first kappa shape index (κ1) is 14.0. The summed E-state index contributed by atoms with van der Waals surface area (Å²) in [6.45, 7) is 3.61. The van der Waals surface area contributed by atoms with Gasteiger partial charge in [0.15, 0.2) is 0 Å². The second-order valence-electron chi connectivity index (χ2n) is 4.99. The maximum Gasteiger partial charge on any atom is 0.254 e. The van der Waals surface area contributed by atoms with E-state index < -0.39 is 17.7 Å². The van der Waals surface area contributed by atoms with Gasteiger partial charge in [-0.3, -0.25) is 19.7 Å². The molecule has 1 aromatic heterocycles. The zero-order valence-electron chi connectivity index (χ0n) is 11.3. The Balaban J connectivity index is 2.28. The van der Waals surface area contributed by atoms with Gasteiger partial charge >= 0.3 is 0 Å². The Morgan fingerprint density at radius 1 is 1.30 bits per heavy atom. The molecule has 0 aromatic carbocycles. The van der Waals surface area contributed by atoms with Crippen molar-refractivity contribution in [3.05, 3.63) is 23.4 Å². The molecule has 2 rings (SSSR count). The number of pyridine rings is 1. The molecular formula is C13H16N4O3. The van der Waals surface area contributed by atoms with Crippen molar-refractivity contribution in [2.24, 2.45) is 0 Å². The van der Waals surface area contributed by atoms with Crippen LogP contribution in [-0.4, -0.2) is 40.7 Å². The molecule has 1 saturated heterocycles. The summed E-state index contributed by atoms with van der Waals surface area (Å²) in [5, 5.41) is 2.15. The normalized spacial score (nSPS) is 15.4. The van der Waals surface area contributed by atoms with Gasteiger partial charge in [-0.2, -0.15) is 0 Å². The molecule has 3 N–H and O–H groups in total. The van der Waals surface area contributed by atoms with Crippen molar-refractivity contribution in [1.82, 2.24) is 15.2 Å². The molecule has 0 saturated carbocycles. The van der Waals surface area contributed by atoms with Gasteiger partial charge in [0.05, 0.1) is 0 Å². The predicted octanol–water partition coefficient (Wildman–Crippen LogP) is -0.114. The fourth-order valence-electron chi connectivity index (χ4n) is 1.96. The molecule has 1 aliphatic heterocycles. The lowest BCUT2D eigenvalue weighted by Gasteiger charge is -2.25. The van der Waals surface area contributed by atoms with Gasteiger partial charge in [0.1, 0.15) is 18.9 Å². The number of nitrogens with two attached hydrogens (primary N) is 1. The second kappa shape index (κ2) is 5.28. The molecular weight excluding hydrogens is 260 g/mol. The number of rotatable bonds is 2. The third-order valence-corrected chi connectivity index (χ3v) is 2.94. The van der Waals surface area contributed by atoms with Crippen molar-refractivity contribution >= 4 is 23.5 Å². The highest BCUT2D eigenvalue weighted by Gasteiger charge is 2.27. The summed E-state index contributed by atoms with van der Waals surface area (Å²) in [6, 6.07) is 3.09. The van der Waals surface area contributed by atoms with E-state index in [1.54, 1.807) is 6.07 Å². The number of nitrogen functional groups attached to an aromatic ring is 1. The highest BCUT2D eigenvalue weighted by atomic mass is 16.2. The first-order chi connectivity index (χ1) is 9.36. The Morgan fingerprint density at radius 3 is 2.45 bits per heavy atom. The van der Waals surface area contributed by atoms with E-state index in [0.717, 1.165) is 0 Å². The molecule has 1 aromatic rings. The molecule has 0 radical (unpaired) electrons. The van der Waals surface area contributed by atoms with Gasteiger partial charge < -0.3 is 10.6 Å². The third kappa shape index (κ3) is 2.93. The average Bonchev–Trinajstić information content (AvgIpc) is 2.35. The van der Waals surface area contributed by atoms with Gasteiger partial charge in [-0.25, -0.2) is 4.98 Å². The number of aromatic nitrogens is 1. The van der Waals surface area contributed by atoms with Crippen LogP contribution in [0.15, 0.2) is 12.1 Å². The molecule has 0 unspecified atom stereocenters. The van der Waals surface area contributed by atoms with Crippen LogP contribution in [0.2, 0.25) is 0 Å². The maximum absolute atomic E-state index is 12.3. The summed E-state index contributed by atoms with van der Waals surface area (Å²) in [5.74, 6) is -1.01. The van der Waals surface area contributed by atoms with Crippen molar-refractivity contribution in [2.45, 2.75) is 19.8 Å². The standard InChI is InChI=1S/C13H16N4O3/c1-7(2)9-3-8(4-10(14)15-9)13(20)17-5-11(18)16-12(19)6-17/h3-4,7H,5-6H2,1-2H3,(H2,14,15)(H,16,18,19). The van der Waals surface area contributed by atoms with E-state index in [9.17, 15) is 14.4 Å². The SMILES string of the molecule is CC(C)c1cc(C(=O)N2CC(=O)NC(=O)C2)cc(N)n1. The second-order valence-corrected chi connectivity index (χ2v) is 4.99. The van der Waals surface area contributed by atoms with Crippen LogP contribution in [0, 0.1) is 0 Å². The monoisotopic (exact) mass is 276 g/mol. The Bertz CT molecular complexity index is 567. The zero-order valence-corrected chi connectivity index (χ0v) is 11.3. The zero-order chi connectivity index (χ0) is 14.9. The molecule has 7 nitrogen and oxygen atoms in total. The Labute approximate surface area is 116 Å². The number of imide groups is 1. The number of nitrogens with one attached hydrogen (secondary N) is 1. The Kier molecular flexibility index (Phi) is 3.69. The molecule has 20 heavy (non-hydrogen) atoms. The minimum Gasteiger partial charge on any atom is -0.384 e. The van der Waals surface area contributed by atoms with Gasteiger partial charge in [0.25, 0.3) is 5.91 Å². The summed E-state index contributed by atoms with van der Waals surface area (Å²) in [6.07, 6.45) is 0. The first-order valence-electron chi connectivity index (χ1n) is 6.26. The van der Waals surface area contributed by atoms with E-state index >= 15 is 0 Å². The fraction of sp³-hybridized carbons (Fsp3) is 0.385. The molecule has 0 aliphatic carbocycles. The average molecular weight is 276 g/mol. The van der Waals surface area contributed by atoms with Crippen LogP contribution in [0.25, 0.3) is 0 Å². The highest BCUT2D eigenvalue weighted by Crippen LogP contribution is 2.17. The summed E-state index contributed by atoms with van der Waals surface area (Å²) in [7, 11) is 0. The lowest BCUT2D eigenvalue weighted by Crippen LogP contribution is -2.53. The smallest absolute Gasteiger partial charge is 0.254 e. The number of carbonyl (C=O) groups excluding carboxylic acids is 3. The summed E-state index contributed by atoms with van der Waals surface area (Å²) in [5.41, 5.74) is 6.72. The number of nitrogens with zero attached hydrogens (tertiary/aromatic N) is 2. The van der Waals surface area contributed by atoms with Crippen LogP contribution in [0.5, 0.6) is 0 Å². The van der Waals surface area contributed by atoms with E-state index in [4.69, 9.17) is 5.73 Å². The maximum atomic E-state index is 12.3. The minimum absolute atomic E-state index is 0.122. The van der Waals surface area contributed by atoms with E-state index in [1.165, 1.54) is 11.0 Å². The van der Waals surface area contributed by atoms with E-state index in [1.807, 2.05) is 13.8 Å². The minimum atomic E-state index is -0.485. The fourth-order valence-corrected chi connectivity index (χ4v) is 1.96. The van der Waals surface area contributed by atoms with Gasteiger partial charge in [0, 0.05) is 11.3 Å². The topological polar surface area (TPSA) is 105 Å². The largest absolute Gasteiger partial charge is 0.384 e. The third-order valence-electron chi connectivity index (χ3n) is 2.94. The van der Waals surface area contributed by atoms with E-state index in [-0.39, 0.29) is 24.8 Å². The molecule has 106 valence electrons.